The van der Waals surface area contributed by atoms with Gasteiger partial charge in [-0.05, 0) is 6.07 Å². The van der Waals surface area contributed by atoms with Crippen molar-refractivity contribution in [1.29, 1.82) is 0 Å². The van der Waals surface area contributed by atoms with Crippen molar-refractivity contribution >= 4 is 0 Å². The molecule has 78 valence electrons. The molecule has 0 saturated heterocycles. The van der Waals surface area contributed by atoms with Crippen LogP contribution in [0.3, 0.4) is 0 Å². The lowest BCUT2D eigenvalue weighted by Gasteiger charge is -2.12. The average Bonchev–Trinajstić information content (AvgIpc) is 2.06. The fraction of sp³-hybridized carbons (Fsp3) is 0.250. The van der Waals surface area contributed by atoms with Crippen molar-refractivity contribution < 1.29 is 26.3 Å². The van der Waals surface area contributed by atoms with Crippen molar-refractivity contribution in [2.75, 3.05) is 0 Å². The first-order chi connectivity index (χ1) is 6.25. The Kier molecular flexibility index (Phi) is 2.47. The van der Waals surface area contributed by atoms with E-state index in [1.54, 1.807) is 0 Å². The van der Waals surface area contributed by atoms with Gasteiger partial charge < -0.3 is 0 Å². The molecule has 0 N–H and O–H groups in total. The molecule has 0 saturated carbocycles. The van der Waals surface area contributed by atoms with Crippen LogP contribution in [0.4, 0.5) is 26.3 Å². The van der Waals surface area contributed by atoms with Crippen LogP contribution in [-0.4, -0.2) is 0 Å². The summed E-state index contributed by atoms with van der Waals surface area (Å²) in [5.74, 6) is -12.0. The Hall–Kier alpha value is -1.20. The summed E-state index contributed by atoms with van der Waals surface area (Å²) < 4.78 is 74.9. The Morgan fingerprint density at radius 2 is 1.43 bits per heavy atom. The zero-order valence-electron chi connectivity index (χ0n) is 6.85. The first-order valence-electron chi connectivity index (χ1n) is 3.46. The quantitative estimate of drug-likeness (QED) is 0.382. The first kappa shape index (κ1) is 10.9. The molecule has 1 rings (SSSR count). The van der Waals surface area contributed by atoms with Gasteiger partial charge >= 0.3 is 0 Å². The maximum Gasteiger partial charge on any atom is 0.273 e. The topological polar surface area (TPSA) is 0 Å². The van der Waals surface area contributed by atoms with Crippen LogP contribution in [0, 0.1) is 23.3 Å². The SMILES string of the molecule is CC(F)(F)c1cc(F)c(F)c(F)c1F. The molecule has 0 fully saturated rings. The molecular weight excluding hydrogens is 210 g/mol. The summed E-state index contributed by atoms with van der Waals surface area (Å²) in [7, 11) is 0. The molecule has 1 aromatic carbocycles. The highest BCUT2D eigenvalue weighted by Crippen LogP contribution is 2.31. The Morgan fingerprint density at radius 1 is 0.929 bits per heavy atom. The molecule has 0 radical (unpaired) electrons. The number of hydrogen-bond donors (Lipinski definition) is 0. The van der Waals surface area contributed by atoms with Crippen molar-refractivity contribution in [1.82, 2.24) is 0 Å². The second-order valence-electron chi connectivity index (χ2n) is 2.74. The number of halogens is 6. The highest BCUT2D eigenvalue weighted by molar-refractivity contribution is 5.25. The van der Waals surface area contributed by atoms with Gasteiger partial charge in [-0.25, -0.2) is 26.3 Å². The summed E-state index contributed by atoms with van der Waals surface area (Å²) in [6, 6.07) is -0.0618. The minimum atomic E-state index is -3.76. The van der Waals surface area contributed by atoms with Gasteiger partial charge in [0, 0.05) is 6.92 Å². The van der Waals surface area contributed by atoms with Crippen molar-refractivity contribution in [3.63, 3.8) is 0 Å². The lowest BCUT2D eigenvalue weighted by atomic mass is 10.1. The zero-order valence-corrected chi connectivity index (χ0v) is 6.85. The van der Waals surface area contributed by atoms with E-state index in [4.69, 9.17) is 0 Å². The largest absolute Gasteiger partial charge is 0.273 e. The molecule has 0 amide bonds. The fourth-order valence-corrected chi connectivity index (χ4v) is 0.892. The highest BCUT2D eigenvalue weighted by Gasteiger charge is 2.32. The molecule has 0 aliphatic rings. The van der Waals surface area contributed by atoms with Crippen LogP contribution in [0.1, 0.15) is 12.5 Å². The number of alkyl halides is 2. The summed E-state index contributed by atoms with van der Waals surface area (Å²) in [6.07, 6.45) is 0. The van der Waals surface area contributed by atoms with E-state index in [2.05, 4.69) is 0 Å². The summed E-state index contributed by atoms with van der Waals surface area (Å²) in [5, 5.41) is 0. The van der Waals surface area contributed by atoms with Crippen LogP contribution in [0.15, 0.2) is 6.07 Å². The standard InChI is InChI=1S/C8H4F6/c1-8(13,14)3-2-4(9)6(11)7(12)5(3)10/h2H,1H3. The summed E-state index contributed by atoms with van der Waals surface area (Å²) in [5.41, 5.74) is -1.51. The van der Waals surface area contributed by atoms with Crippen molar-refractivity contribution in [3.05, 3.63) is 34.9 Å². The van der Waals surface area contributed by atoms with Gasteiger partial charge in [-0.15, -0.1) is 0 Å². The molecule has 0 aliphatic carbocycles. The fourth-order valence-electron chi connectivity index (χ4n) is 0.892. The molecule has 0 aliphatic heterocycles. The van der Waals surface area contributed by atoms with Crippen molar-refractivity contribution in [2.45, 2.75) is 12.8 Å². The smallest absolute Gasteiger partial charge is 0.204 e. The molecule has 0 spiro atoms. The predicted octanol–water partition coefficient (Wildman–Crippen LogP) is 3.35. The van der Waals surface area contributed by atoms with Gasteiger partial charge in [-0.1, -0.05) is 0 Å². The maximum absolute atomic E-state index is 12.7. The van der Waals surface area contributed by atoms with Crippen LogP contribution in [0.2, 0.25) is 0 Å². The van der Waals surface area contributed by atoms with Gasteiger partial charge in [0.25, 0.3) is 5.92 Å². The third-order valence-corrected chi connectivity index (χ3v) is 1.58. The van der Waals surface area contributed by atoms with E-state index in [0.29, 0.717) is 0 Å². The van der Waals surface area contributed by atoms with E-state index < -0.39 is 34.8 Å². The van der Waals surface area contributed by atoms with Gasteiger partial charge in [-0.2, -0.15) is 0 Å². The summed E-state index contributed by atoms with van der Waals surface area (Å²) >= 11 is 0. The lowest BCUT2D eigenvalue weighted by Crippen LogP contribution is -2.13. The monoisotopic (exact) mass is 214 g/mol. The molecule has 14 heavy (non-hydrogen) atoms. The minimum Gasteiger partial charge on any atom is -0.204 e. The van der Waals surface area contributed by atoms with E-state index in [9.17, 15) is 26.3 Å². The van der Waals surface area contributed by atoms with Gasteiger partial charge in [0.15, 0.2) is 23.3 Å². The van der Waals surface area contributed by atoms with Crippen LogP contribution < -0.4 is 0 Å². The van der Waals surface area contributed by atoms with Crippen LogP contribution >= 0.6 is 0 Å². The molecule has 0 heterocycles. The van der Waals surface area contributed by atoms with E-state index in [1.165, 1.54) is 0 Å². The van der Waals surface area contributed by atoms with Gasteiger partial charge in [0.1, 0.15) is 0 Å². The molecule has 0 atom stereocenters. The molecule has 0 aromatic heterocycles. The normalized spacial score (nSPS) is 11.9. The van der Waals surface area contributed by atoms with Gasteiger partial charge in [0.05, 0.1) is 5.56 Å². The van der Waals surface area contributed by atoms with Crippen LogP contribution in [-0.2, 0) is 5.92 Å². The van der Waals surface area contributed by atoms with Gasteiger partial charge in [-0.3, -0.25) is 0 Å². The maximum atomic E-state index is 12.7. The average molecular weight is 214 g/mol. The Labute approximate surface area is 75.2 Å². The second kappa shape index (κ2) is 3.18. The highest BCUT2D eigenvalue weighted by atomic mass is 19.3. The molecule has 0 unspecified atom stereocenters. The Bertz CT molecular complexity index is 365. The Morgan fingerprint density at radius 3 is 1.86 bits per heavy atom. The molecule has 1 aromatic rings. The van der Waals surface area contributed by atoms with Crippen molar-refractivity contribution in [2.24, 2.45) is 0 Å². The number of benzene rings is 1. The first-order valence-corrected chi connectivity index (χ1v) is 3.46. The predicted molar refractivity (Wildman–Crippen MR) is 35.8 cm³/mol. The Balaban J connectivity index is 3.49. The zero-order chi connectivity index (χ0) is 11.1. The molecule has 0 nitrogen and oxygen atoms in total. The van der Waals surface area contributed by atoms with Crippen LogP contribution in [0.5, 0.6) is 0 Å². The second-order valence-corrected chi connectivity index (χ2v) is 2.74. The minimum absolute atomic E-state index is 0.0618. The van der Waals surface area contributed by atoms with E-state index >= 15 is 0 Å². The third-order valence-electron chi connectivity index (χ3n) is 1.58. The van der Waals surface area contributed by atoms with E-state index in [1.807, 2.05) is 0 Å². The van der Waals surface area contributed by atoms with Gasteiger partial charge in [0.2, 0.25) is 0 Å². The lowest BCUT2D eigenvalue weighted by molar-refractivity contribution is 0.0124. The van der Waals surface area contributed by atoms with E-state index in [-0.39, 0.29) is 13.0 Å². The number of rotatable bonds is 1. The molecule has 6 heteroatoms. The molecular formula is C8H4F6. The third kappa shape index (κ3) is 1.69. The molecule has 0 bridgehead atoms. The number of hydrogen-bond acceptors (Lipinski definition) is 0. The summed E-state index contributed by atoms with van der Waals surface area (Å²) in [6.45, 7) is 0.252. The summed E-state index contributed by atoms with van der Waals surface area (Å²) in [4.78, 5) is 0. The van der Waals surface area contributed by atoms with Crippen molar-refractivity contribution in [3.8, 4) is 0 Å². The van der Waals surface area contributed by atoms with E-state index in [0.717, 1.165) is 0 Å². The van der Waals surface area contributed by atoms with Crippen LogP contribution in [0.25, 0.3) is 0 Å².